The predicted molar refractivity (Wildman–Crippen MR) is 85.5 cm³/mol. The van der Waals surface area contributed by atoms with Gasteiger partial charge >= 0.3 is 0 Å². The van der Waals surface area contributed by atoms with E-state index in [0.29, 0.717) is 6.54 Å². The van der Waals surface area contributed by atoms with Crippen molar-refractivity contribution in [3.63, 3.8) is 0 Å². The van der Waals surface area contributed by atoms with Gasteiger partial charge in [0.1, 0.15) is 5.54 Å². The van der Waals surface area contributed by atoms with Gasteiger partial charge in [0.25, 0.3) is 0 Å². The summed E-state index contributed by atoms with van der Waals surface area (Å²) in [4.78, 5) is 12.7. The number of rotatable bonds is 3. The Bertz CT molecular complexity index is 559. The lowest BCUT2D eigenvalue weighted by Gasteiger charge is -2.65. The van der Waals surface area contributed by atoms with Crippen LogP contribution in [0.2, 0.25) is 0 Å². The summed E-state index contributed by atoms with van der Waals surface area (Å²) in [6.45, 7) is 5.30. The second kappa shape index (κ2) is 5.83. The SMILES string of the molecule is Cl.Cn1cc(CNC(=O)C2(N)C3CCCOC3C2(C)C)cn1. The zero-order chi connectivity index (χ0) is 15.3. The lowest BCUT2D eigenvalue weighted by molar-refractivity contribution is -0.225. The number of nitrogens with one attached hydrogen (secondary N) is 1. The lowest BCUT2D eigenvalue weighted by Crippen LogP contribution is -2.82. The zero-order valence-corrected chi connectivity index (χ0v) is 14.2. The largest absolute Gasteiger partial charge is 0.377 e. The summed E-state index contributed by atoms with van der Waals surface area (Å²) in [6, 6.07) is 0. The standard InChI is InChI=1S/C15H24N4O2.ClH/c1-14(2)12-11(5-4-6-21-12)15(14,16)13(20)17-7-10-8-18-19(3)9-10;/h8-9,11-12H,4-7,16H2,1-3H3,(H,17,20);1H. The van der Waals surface area contributed by atoms with Crippen LogP contribution in [0.5, 0.6) is 0 Å². The second-order valence-corrected chi connectivity index (χ2v) is 6.84. The number of amides is 1. The molecular weight excluding hydrogens is 304 g/mol. The fourth-order valence-corrected chi connectivity index (χ4v) is 3.93. The molecule has 3 rings (SSSR count). The minimum atomic E-state index is -0.847. The first kappa shape index (κ1) is 17.2. The molecule has 2 heterocycles. The summed E-state index contributed by atoms with van der Waals surface area (Å²) in [6.07, 6.45) is 5.68. The first-order valence-corrected chi connectivity index (χ1v) is 7.53. The molecule has 3 N–H and O–H groups in total. The Morgan fingerprint density at radius 3 is 2.95 bits per heavy atom. The third kappa shape index (κ3) is 2.33. The van der Waals surface area contributed by atoms with Gasteiger partial charge in [0, 0.05) is 43.3 Å². The minimum absolute atomic E-state index is 0. The molecule has 0 bridgehead atoms. The van der Waals surface area contributed by atoms with Crippen LogP contribution < -0.4 is 11.1 Å². The van der Waals surface area contributed by atoms with Crippen LogP contribution in [0.1, 0.15) is 32.3 Å². The highest BCUT2D eigenvalue weighted by molar-refractivity contribution is 5.89. The molecule has 1 aliphatic heterocycles. The van der Waals surface area contributed by atoms with Gasteiger partial charge in [-0.05, 0) is 12.8 Å². The van der Waals surface area contributed by atoms with Crippen molar-refractivity contribution >= 4 is 18.3 Å². The highest BCUT2D eigenvalue weighted by Crippen LogP contribution is 2.57. The van der Waals surface area contributed by atoms with E-state index in [1.807, 2.05) is 27.1 Å². The molecule has 0 spiro atoms. The first-order valence-electron chi connectivity index (χ1n) is 7.53. The smallest absolute Gasteiger partial charge is 0.241 e. The molecule has 2 fully saturated rings. The Morgan fingerprint density at radius 1 is 1.59 bits per heavy atom. The van der Waals surface area contributed by atoms with Gasteiger partial charge in [0.2, 0.25) is 5.91 Å². The monoisotopic (exact) mass is 328 g/mol. The van der Waals surface area contributed by atoms with Gasteiger partial charge in [-0.25, -0.2) is 0 Å². The normalized spacial score (nSPS) is 32.4. The number of nitrogens with two attached hydrogens (primary N) is 1. The molecule has 22 heavy (non-hydrogen) atoms. The summed E-state index contributed by atoms with van der Waals surface area (Å²) < 4.78 is 7.55. The Labute approximate surface area is 137 Å². The molecule has 7 heteroatoms. The van der Waals surface area contributed by atoms with Crippen LogP contribution in [0, 0.1) is 11.3 Å². The average molecular weight is 329 g/mol. The molecule has 1 aromatic rings. The summed E-state index contributed by atoms with van der Waals surface area (Å²) >= 11 is 0. The molecule has 1 aromatic heterocycles. The number of carbonyl (C=O) groups excluding carboxylic acids is 1. The van der Waals surface area contributed by atoms with Gasteiger partial charge < -0.3 is 15.8 Å². The molecule has 3 unspecified atom stereocenters. The number of hydrogen-bond acceptors (Lipinski definition) is 4. The molecule has 2 aliphatic rings. The molecule has 124 valence electrons. The third-order valence-electron chi connectivity index (χ3n) is 5.27. The highest BCUT2D eigenvalue weighted by atomic mass is 35.5. The Kier molecular flexibility index (Phi) is 4.57. The Hall–Kier alpha value is -1.11. The number of ether oxygens (including phenoxy) is 1. The fraction of sp³-hybridized carbons (Fsp3) is 0.733. The van der Waals surface area contributed by atoms with Crippen molar-refractivity contribution in [2.24, 2.45) is 24.1 Å². The van der Waals surface area contributed by atoms with Gasteiger partial charge in [0.15, 0.2) is 0 Å². The van der Waals surface area contributed by atoms with E-state index in [9.17, 15) is 4.79 Å². The van der Waals surface area contributed by atoms with E-state index < -0.39 is 5.54 Å². The van der Waals surface area contributed by atoms with Crippen LogP contribution in [0.15, 0.2) is 12.4 Å². The quantitative estimate of drug-likeness (QED) is 0.867. The van der Waals surface area contributed by atoms with Crippen LogP contribution in [0.3, 0.4) is 0 Å². The minimum Gasteiger partial charge on any atom is -0.377 e. The molecule has 1 saturated carbocycles. The molecule has 1 aliphatic carbocycles. The van der Waals surface area contributed by atoms with Crippen LogP contribution in [0.25, 0.3) is 0 Å². The van der Waals surface area contributed by atoms with E-state index in [4.69, 9.17) is 10.5 Å². The topological polar surface area (TPSA) is 82.2 Å². The highest BCUT2D eigenvalue weighted by Gasteiger charge is 2.70. The van der Waals surface area contributed by atoms with Crippen LogP contribution in [-0.2, 0) is 23.1 Å². The maximum atomic E-state index is 12.7. The molecule has 6 nitrogen and oxygen atoms in total. The number of aryl methyl sites for hydroxylation is 1. The fourth-order valence-electron chi connectivity index (χ4n) is 3.93. The molecule has 0 aromatic carbocycles. The number of halogens is 1. The number of hydrogen-bond donors (Lipinski definition) is 2. The lowest BCUT2D eigenvalue weighted by atomic mass is 9.46. The summed E-state index contributed by atoms with van der Waals surface area (Å²) in [5.41, 5.74) is 6.33. The number of aromatic nitrogens is 2. The molecule has 0 radical (unpaired) electrons. The van der Waals surface area contributed by atoms with Crippen molar-refractivity contribution in [1.82, 2.24) is 15.1 Å². The summed E-state index contributed by atoms with van der Waals surface area (Å²) in [5.74, 6) is 0.0400. The second-order valence-electron chi connectivity index (χ2n) is 6.84. The average Bonchev–Trinajstić information content (AvgIpc) is 2.89. The van der Waals surface area contributed by atoms with E-state index in [-0.39, 0.29) is 35.8 Å². The van der Waals surface area contributed by atoms with Crippen molar-refractivity contribution in [2.75, 3.05) is 6.61 Å². The van der Waals surface area contributed by atoms with Crippen molar-refractivity contribution in [3.8, 4) is 0 Å². The maximum absolute atomic E-state index is 12.7. The van der Waals surface area contributed by atoms with E-state index in [2.05, 4.69) is 10.4 Å². The van der Waals surface area contributed by atoms with Crippen LogP contribution >= 0.6 is 12.4 Å². The number of fused-ring (bicyclic) bond motifs is 1. The zero-order valence-electron chi connectivity index (χ0n) is 13.3. The number of carbonyl (C=O) groups is 1. The third-order valence-corrected chi connectivity index (χ3v) is 5.27. The first-order chi connectivity index (χ1) is 9.87. The number of nitrogens with zero attached hydrogens (tertiary/aromatic N) is 2. The van der Waals surface area contributed by atoms with E-state index in [0.717, 1.165) is 25.0 Å². The van der Waals surface area contributed by atoms with Crippen molar-refractivity contribution < 1.29 is 9.53 Å². The summed E-state index contributed by atoms with van der Waals surface area (Å²) in [5, 5.41) is 7.07. The van der Waals surface area contributed by atoms with Gasteiger partial charge in [0.05, 0.1) is 12.3 Å². The van der Waals surface area contributed by atoms with Crippen molar-refractivity contribution in [3.05, 3.63) is 18.0 Å². The molecule has 3 atom stereocenters. The predicted octanol–water partition coefficient (Wildman–Crippen LogP) is 0.991. The molecule has 1 saturated heterocycles. The Balaban J connectivity index is 0.00000176. The molecule has 1 amide bonds. The van der Waals surface area contributed by atoms with Crippen molar-refractivity contribution in [1.29, 1.82) is 0 Å². The van der Waals surface area contributed by atoms with Crippen LogP contribution in [0.4, 0.5) is 0 Å². The van der Waals surface area contributed by atoms with E-state index in [1.54, 1.807) is 10.9 Å². The van der Waals surface area contributed by atoms with Crippen LogP contribution in [-0.4, -0.2) is 33.9 Å². The van der Waals surface area contributed by atoms with Gasteiger partial charge in [-0.15, -0.1) is 12.4 Å². The van der Waals surface area contributed by atoms with E-state index in [1.165, 1.54) is 0 Å². The van der Waals surface area contributed by atoms with Crippen molar-refractivity contribution in [2.45, 2.75) is 44.9 Å². The van der Waals surface area contributed by atoms with Gasteiger partial charge in [-0.1, -0.05) is 13.8 Å². The van der Waals surface area contributed by atoms with Gasteiger partial charge in [-0.2, -0.15) is 5.10 Å². The maximum Gasteiger partial charge on any atom is 0.241 e. The summed E-state index contributed by atoms with van der Waals surface area (Å²) in [7, 11) is 1.86. The van der Waals surface area contributed by atoms with Gasteiger partial charge in [-0.3, -0.25) is 9.48 Å². The Morgan fingerprint density at radius 2 is 2.32 bits per heavy atom. The van der Waals surface area contributed by atoms with E-state index >= 15 is 0 Å². The molecular formula is C15H25ClN4O2.